The molecule has 2 aromatic rings. The number of nitrogen functional groups attached to an aromatic ring is 1. The molecule has 1 aliphatic rings. The zero-order valence-electron chi connectivity index (χ0n) is 11.0. The van der Waals surface area contributed by atoms with Crippen LogP contribution in [-0.2, 0) is 4.74 Å². The molecule has 4 N–H and O–H groups in total. The van der Waals surface area contributed by atoms with Gasteiger partial charge in [0.2, 0.25) is 5.72 Å². The molecule has 116 valence electrons. The summed E-state index contributed by atoms with van der Waals surface area (Å²) in [4.78, 5) is 14.1. The summed E-state index contributed by atoms with van der Waals surface area (Å²) in [5.41, 5.74) is 12.5. The number of ether oxygens (including phenoxy) is 1. The van der Waals surface area contributed by atoms with E-state index in [1.54, 1.807) is 0 Å². The number of anilines is 1. The van der Waals surface area contributed by atoms with Crippen molar-refractivity contribution < 1.29 is 19.3 Å². The van der Waals surface area contributed by atoms with Gasteiger partial charge in [0.15, 0.2) is 23.9 Å². The lowest BCUT2D eigenvalue weighted by atomic mass is 10.1. The number of aliphatic hydroxyl groups excluding tert-OH is 2. The van der Waals surface area contributed by atoms with Gasteiger partial charge in [-0.05, 0) is 5.53 Å². The first-order valence-corrected chi connectivity index (χ1v) is 6.14. The number of nitrogens with zero attached hydrogens (tertiary/aromatic N) is 7. The first-order valence-electron chi connectivity index (χ1n) is 6.14. The van der Waals surface area contributed by atoms with Crippen molar-refractivity contribution >= 4 is 17.0 Å². The molecule has 0 amide bonds. The van der Waals surface area contributed by atoms with E-state index in [1.165, 1.54) is 17.2 Å². The van der Waals surface area contributed by atoms with Gasteiger partial charge < -0.3 is 20.7 Å². The molecule has 0 spiro atoms. The predicted molar refractivity (Wildman–Crippen MR) is 69.7 cm³/mol. The van der Waals surface area contributed by atoms with Gasteiger partial charge in [0.25, 0.3) is 0 Å². The summed E-state index contributed by atoms with van der Waals surface area (Å²) >= 11 is 0. The first kappa shape index (κ1) is 14.4. The number of nitrogens with two attached hydrogens (primary N) is 1. The van der Waals surface area contributed by atoms with E-state index in [9.17, 15) is 14.6 Å². The van der Waals surface area contributed by atoms with Crippen molar-refractivity contribution in [3.05, 3.63) is 23.1 Å². The third-order valence-electron chi connectivity index (χ3n) is 3.46. The van der Waals surface area contributed by atoms with Crippen LogP contribution < -0.4 is 5.73 Å². The topological polar surface area (TPSA) is 168 Å². The van der Waals surface area contributed by atoms with Crippen LogP contribution >= 0.6 is 0 Å². The number of halogens is 1. The average molecular weight is 310 g/mol. The fourth-order valence-electron chi connectivity index (χ4n) is 2.34. The maximum atomic E-state index is 14.4. The van der Waals surface area contributed by atoms with E-state index in [1.807, 2.05) is 0 Å². The van der Waals surface area contributed by atoms with Crippen LogP contribution in [0.15, 0.2) is 17.8 Å². The van der Waals surface area contributed by atoms with Crippen molar-refractivity contribution in [3.8, 4) is 0 Å². The maximum Gasteiger partial charge on any atom is 0.201 e. The van der Waals surface area contributed by atoms with Gasteiger partial charge in [0, 0.05) is 4.91 Å². The number of alkyl halides is 1. The van der Waals surface area contributed by atoms with Gasteiger partial charge in [-0.3, -0.25) is 4.57 Å². The molecule has 2 aromatic heterocycles. The van der Waals surface area contributed by atoms with Crippen molar-refractivity contribution in [2.75, 3.05) is 12.3 Å². The zero-order valence-corrected chi connectivity index (χ0v) is 11.0. The number of fused-ring (bicyclic) bond motifs is 1. The summed E-state index contributed by atoms with van der Waals surface area (Å²) in [6.45, 7) is -0.890. The number of rotatable bonds is 3. The average Bonchev–Trinajstić information content (AvgIpc) is 3.04. The van der Waals surface area contributed by atoms with Crippen molar-refractivity contribution in [3.63, 3.8) is 0 Å². The second-order valence-corrected chi connectivity index (χ2v) is 4.67. The molecule has 4 atom stereocenters. The molecule has 0 unspecified atom stereocenters. The van der Waals surface area contributed by atoms with Crippen molar-refractivity contribution in [2.45, 2.75) is 24.2 Å². The van der Waals surface area contributed by atoms with Crippen LogP contribution in [0.2, 0.25) is 0 Å². The number of azide groups is 1. The first-order chi connectivity index (χ1) is 10.5. The van der Waals surface area contributed by atoms with Crippen LogP contribution in [0.5, 0.6) is 0 Å². The second-order valence-electron chi connectivity index (χ2n) is 4.67. The van der Waals surface area contributed by atoms with E-state index in [-0.39, 0.29) is 17.0 Å². The van der Waals surface area contributed by atoms with E-state index in [0.717, 1.165) is 0 Å². The van der Waals surface area contributed by atoms with E-state index in [0.29, 0.717) is 0 Å². The van der Waals surface area contributed by atoms with Crippen LogP contribution in [0.3, 0.4) is 0 Å². The molecule has 1 fully saturated rings. The molecule has 11 nitrogen and oxygen atoms in total. The highest BCUT2D eigenvalue weighted by atomic mass is 19.1. The van der Waals surface area contributed by atoms with E-state index >= 15 is 0 Å². The molecule has 3 heterocycles. The predicted octanol–water partition coefficient (Wildman–Crippen LogP) is -0.365. The summed E-state index contributed by atoms with van der Waals surface area (Å²) in [7, 11) is 0. The molecule has 0 aromatic carbocycles. The van der Waals surface area contributed by atoms with Crippen LogP contribution in [0, 0.1) is 0 Å². The van der Waals surface area contributed by atoms with Gasteiger partial charge in [0.1, 0.15) is 17.9 Å². The Hall–Kier alpha value is -2.53. The Balaban J connectivity index is 2.08. The highest BCUT2D eigenvalue weighted by molar-refractivity contribution is 5.81. The van der Waals surface area contributed by atoms with Gasteiger partial charge >= 0.3 is 0 Å². The minimum Gasteiger partial charge on any atom is -0.393 e. The van der Waals surface area contributed by atoms with Gasteiger partial charge in [0.05, 0.1) is 12.9 Å². The molecule has 3 rings (SSSR count). The number of hydrogen-bond donors (Lipinski definition) is 3. The molecular weight excluding hydrogens is 299 g/mol. The highest BCUT2D eigenvalue weighted by Gasteiger charge is 2.56. The molecule has 0 aliphatic carbocycles. The van der Waals surface area contributed by atoms with Crippen LogP contribution in [0.4, 0.5) is 10.2 Å². The summed E-state index contributed by atoms with van der Waals surface area (Å²) in [6, 6.07) is 0. The molecule has 0 saturated carbocycles. The second kappa shape index (κ2) is 5.03. The summed E-state index contributed by atoms with van der Waals surface area (Å²) in [6.07, 6.45) is -2.85. The minimum atomic E-state index is -2.12. The van der Waals surface area contributed by atoms with E-state index in [4.69, 9.17) is 16.0 Å². The molecule has 12 heteroatoms. The Morgan fingerprint density at radius 1 is 1.55 bits per heavy atom. The molecular formula is C10H11FN8O3. The van der Waals surface area contributed by atoms with Crippen LogP contribution in [0.1, 0.15) is 6.23 Å². The van der Waals surface area contributed by atoms with Gasteiger partial charge in [-0.2, -0.15) is 0 Å². The van der Waals surface area contributed by atoms with Gasteiger partial charge in [-0.1, -0.05) is 5.11 Å². The largest absolute Gasteiger partial charge is 0.393 e. The third-order valence-corrected chi connectivity index (χ3v) is 3.46. The Morgan fingerprint density at radius 3 is 3.00 bits per heavy atom. The number of aliphatic hydroxyl groups is 2. The normalized spacial score (nSPS) is 31.3. The van der Waals surface area contributed by atoms with Crippen molar-refractivity contribution in [2.24, 2.45) is 5.11 Å². The van der Waals surface area contributed by atoms with Crippen molar-refractivity contribution in [1.82, 2.24) is 19.5 Å². The number of hydrogen-bond acceptors (Lipinski definition) is 8. The van der Waals surface area contributed by atoms with Crippen LogP contribution in [0.25, 0.3) is 21.6 Å². The molecule has 1 saturated heterocycles. The fraction of sp³-hybridized carbons (Fsp3) is 0.500. The number of aromatic nitrogens is 4. The Bertz CT molecular complexity index is 762. The summed E-state index contributed by atoms with van der Waals surface area (Å²) < 4.78 is 20.9. The Labute approximate surface area is 121 Å². The smallest absolute Gasteiger partial charge is 0.201 e. The minimum absolute atomic E-state index is 0.0983. The molecule has 0 bridgehead atoms. The van der Waals surface area contributed by atoms with Gasteiger partial charge in [-0.25, -0.2) is 19.3 Å². The number of imidazole rings is 1. The Kier molecular flexibility index (Phi) is 3.30. The lowest BCUT2D eigenvalue weighted by Gasteiger charge is -2.23. The highest BCUT2D eigenvalue weighted by Crippen LogP contribution is 2.41. The van der Waals surface area contributed by atoms with E-state index in [2.05, 4.69) is 25.0 Å². The van der Waals surface area contributed by atoms with Crippen molar-refractivity contribution in [1.29, 1.82) is 0 Å². The summed E-state index contributed by atoms with van der Waals surface area (Å²) in [5.74, 6) is 0.0983. The molecule has 0 radical (unpaired) electrons. The SMILES string of the molecule is [N-]=[N+]=N[C@]1(CO)O[C@@H](n2cnc3c(N)ncnc32)[C@@H](F)[C@@H]1O. The summed E-state index contributed by atoms with van der Waals surface area (Å²) in [5, 5.41) is 22.4. The lowest BCUT2D eigenvalue weighted by molar-refractivity contribution is -0.122. The Morgan fingerprint density at radius 2 is 2.32 bits per heavy atom. The zero-order chi connectivity index (χ0) is 15.9. The maximum absolute atomic E-state index is 14.4. The van der Waals surface area contributed by atoms with Gasteiger partial charge in [-0.15, -0.1) is 0 Å². The molecule has 22 heavy (non-hydrogen) atoms. The lowest BCUT2D eigenvalue weighted by Crippen LogP contribution is -2.43. The van der Waals surface area contributed by atoms with E-state index < -0.39 is 30.8 Å². The third kappa shape index (κ3) is 1.86. The fourth-order valence-corrected chi connectivity index (χ4v) is 2.34. The monoisotopic (exact) mass is 310 g/mol. The quantitative estimate of drug-likeness (QED) is 0.395. The molecule has 1 aliphatic heterocycles. The van der Waals surface area contributed by atoms with Crippen LogP contribution in [-0.4, -0.2) is 54.3 Å². The standard InChI is InChI=1S/C10H11FN8O3/c11-4-6(21)10(1-20,17-18-13)22-9(4)19-3-16-5-7(12)14-2-15-8(5)19/h2-4,6,9,20-21H,1H2,(H2,12,14,15)/t4-,6-,9+,10+/m0/s1.